The number of hydrogen-bond acceptors (Lipinski definition) is 11. The largest absolute Gasteiger partial charge is 0.397 e. The van der Waals surface area contributed by atoms with Crippen LogP contribution in [0.2, 0.25) is 0 Å². The molecule has 0 spiro atoms. The molecule has 1 aliphatic heterocycles. The molecule has 1 fully saturated rings. The number of aliphatic hydroxyl groups excluding tert-OH is 5. The zero-order valence-electron chi connectivity index (χ0n) is 41.2. The van der Waals surface area contributed by atoms with Crippen molar-refractivity contribution in [2.24, 2.45) is 0 Å². The zero-order valence-corrected chi connectivity index (χ0v) is 42.0. The van der Waals surface area contributed by atoms with Crippen LogP contribution in [0.4, 0.5) is 0 Å². The molecule has 1 heterocycles. The van der Waals surface area contributed by atoms with E-state index in [2.05, 4.69) is 23.3 Å². The molecule has 0 aliphatic carbocycles. The molecule has 1 amide bonds. The molecule has 8 atom stereocenters. The summed E-state index contributed by atoms with van der Waals surface area (Å²) in [5.41, 5.74) is 0. The minimum atomic E-state index is -5.12. The summed E-state index contributed by atoms with van der Waals surface area (Å²) in [4.78, 5) is 13.2. The van der Waals surface area contributed by atoms with Crippen molar-refractivity contribution in [1.82, 2.24) is 5.32 Å². The molecule has 0 aromatic rings. The van der Waals surface area contributed by atoms with E-state index in [0.717, 1.165) is 38.5 Å². The van der Waals surface area contributed by atoms with E-state index in [1.807, 2.05) is 6.08 Å². The van der Waals surface area contributed by atoms with Crippen molar-refractivity contribution in [3.05, 3.63) is 12.2 Å². The highest BCUT2D eigenvalue weighted by molar-refractivity contribution is 7.80. The molecular formula is C51H99NO12S. The number of hydrogen-bond donors (Lipinski definition) is 7. The number of ether oxygens (including phenoxy) is 2. The van der Waals surface area contributed by atoms with Crippen molar-refractivity contribution in [2.45, 2.75) is 294 Å². The van der Waals surface area contributed by atoms with Crippen molar-refractivity contribution in [3.8, 4) is 0 Å². The fourth-order valence-electron chi connectivity index (χ4n) is 8.70. The molecule has 0 radical (unpaired) electrons. The van der Waals surface area contributed by atoms with E-state index < -0.39 is 78.5 Å². The second-order valence-corrected chi connectivity index (χ2v) is 20.0. The lowest BCUT2D eigenvalue weighted by molar-refractivity contribution is -0.298. The monoisotopic (exact) mass is 950 g/mol. The molecule has 14 heteroatoms. The lowest BCUT2D eigenvalue weighted by Crippen LogP contribution is -2.61. The third kappa shape index (κ3) is 33.9. The molecule has 1 rings (SSSR count). The molecule has 13 nitrogen and oxygen atoms in total. The fraction of sp³-hybridized carbons (Fsp3) is 0.941. The Morgan fingerprint density at radius 2 is 1.00 bits per heavy atom. The van der Waals surface area contributed by atoms with Gasteiger partial charge in [0.05, 0.1) is 25.4 Å². The second kappa shape index (κ2) is 41.7. The van der Waals surface area contributed by atoms with Crippen molar-refractivity contribution in [2.75, 3.05) is 13.2 Å². The van der Waals surface area contributed by atoms with Crippen LogP contribution in [-0.2, 0) is 28.9 Å². The highest BCUT2D eigenvalue weighted by atomic mass is 32.3. The number of carbonyl (C=O) groups is 1. The summed E-state index contributed by atoms with van der Waals surface area (Å²) >= 11 is 0. The van der Waals surface area contributed by atoms with Crippen LogP contribution in [0.25, 0.3) is 0 Å². The molecule has 65 heavy (non-hydrogen) atoms. The second-order valence-electron chi connectivity index (χ2n) is 19.0. The predicted molar refractivity (Wildman–Crippen MR) is 261 cm³/mol. The highest BCUT2D eigenvalue weighted by Gasteiger charge is 2.48. The van der Waals surface area contributed by atoms with E-state index in [4.69, 9.17) is 9.47 Å². The summed E-state index contributed by atoms with van der Waals surface area (Å²) in [7, 11) is -5.12. The summed E-state index contributed by atoms with van der Waals surface area (Å²) in [5.74, 6) is -0.697. The van der Waals surface area contributed by atoms with E-state index in [1.165, 1.54) is 173 Å². The summed E-state index contributed by atoms with van der Waals surface area (Å²) in [5, 5.41) is 55.4. The summed E-state index contributed by atoms with van der Waals surface area (Å²) in [6.45, 7) is 3.26. The van der Waals surface area contributed by atoms with Gasteiger partial charge in [0, 0.05) is 0 Å². The lowest BCUT2D eigenvalue weighted by Gasteiger charge is -2.41. The van der Waals surface area contributed by atoms with Crippen LogP contribution in [0.1, 0.15) is 245 Å². The summed E-state index contributed by atoms with van der Waals surface area (Å²) in [6.07, 6.45) is 35.7. The molecular weight excluding hydrogens is 851 g/mol. The van der Waals surface area contributed by atoms with Gasteiger partial charge in [0.1, 0.15) is 30.5 Å². The van der Waals surface area contributed by atoms with Crippen LogP contribution >= 0.6 is 0 Å². The van der Waals surface area contributed by atoms with Crippen molar-refractivity contribution in [3.63, 3.8) is 0 Å². The average Bonchev–Trinajstić information content (AvgIpc) is 3.28. The van der Waals surface area contributed by atoms with Crippen LogP contribution in [0, 0.1) is 0 Å². The average molecular weight is 950 g/mol. The Kier molecular flexibility index (Phi) is 39.7. The Hall–Kier alpha value is -1.20. The van der Waals surface area contributed by atoms with Gasteiger partial charge >= 0.3 is 10.4 Å². The number of nitrogens with one attached hydrogen (secondary N) is 1. The molecule has 1 saturated heterocycles. The van der Waals surface area contributed by atoms with Crippen LogP contribution in [0.5, 0.6) is 0 Å². The van der Waals surface area contributed by atoms with Gasteiger partial charge in [-0.3, -0.25) is 9.35 Å². The topological polar surface area (TPSA) is 212 Å². The number of rotatable bonds is 46. The Labute approximate surface area is 396 Å². The first-order valence-electron chi connectivity index (χ1n) is 26.7. The molecule has 0 saturated carbocycles. The third-order valence-corrected chi connectivity index (χ3v) is 13.4. The molecule has 7 N–H and O–H groups in total. The Morgan fingerprint density at radius 1 is 0.615 bits per heavy atom. The van der Waals surface area contributed by atoms with Gasteiger partial charge in [0.2, 0.25) is 5.91 Å². The first kappa shape index (κ1) is 61.8. The number of unbranched alkanes of at least 4 members (excludes halogenated alkanes) is 33. The maximum absolute atomic E-state index is 13.2. The third-order valence-electron chi connectivity index (χ3n) is 12.9. The summed E-state index contributed by atoms with van der Waals surface area (Å²) in [6, 6.07) is -1.12. The van der Waals surface area contributed by atoms with E-state index in [-0.39, 0.29) is 6.42 Å². The van der Waals surface area contributed by atoms with Crippen LogP contribution < -0.4 is 5.32 Å². The van der Waals surface area contributed by atoms with Gasteiger partial charge in [-0.05, 0) is 19.3 Å². The molecule has 0 aromatic heterocycles. The maximum atomic E-state index is 13.2. The van der Waals surface area contributed by atoms with Gasteiger partial charge in [-0.15, -0.1) is 0 Å². The molecule has 1 aliphatic rings. The molecule has 0 bridgehead atoms. The number of amides is 1. The van der Waals surface area contributed by atoms with Gasteiger partial charge in [-0.2, -0.15) is 8.42 Å². The smallest absolute Gasteiger partial charge is 0.394 e. The van der Waals surface area contributed by atoms with Crippen molar-refractivity contribution < 1.29 is 57.0 Å². The zero-order chi connectivity index (χ0) is 47.8. The SMILES string of the molecule is CCCCCCCCCCCCCCCCCCC/C=C/C(O)C(COC1OC(CO)C(O)C(OS(=O)(=O)O)C1O)NC(=O)C(O)CCCCCCCCCCCCCCCCCCC. The molecule has 386 valence electrons. The maximum Gasteiger partial charge on any atom is 0.397 e. The summed E-state index contributed by atoms with van der Waals surface area (Å²) < 4.78 is 47.7. The minimum Gasteiger partial charge on any atom is -0.394 e. The molecule has 8 unspecified atom stereocenters. The Bertz CT molecular complexity index is 1230. The van der Waals surface area contributed by atoms with Gasteiger partial charge in [-0.1, -0.05) is 238 Å². The Balaban J connectivity index is 2.49. The van der Waals surface area contributed by atoms with Crippen molar-refractivity contribution >= 4 is 16.3 Å². The van der Waals surface area contributed by atoms with Gasteiger partial charge < -0.3 is 40.3 Å². The number of carbonyl (C=O) groups excluding carboxylic acids is 1. The first-order chi connectivity index (χ1) is 31.4. The lowest BCUT2D eigenvalue weighted by atomic mass is 9.99. The van der Waals surface area contributed by atoms with E-state index >= 15 is 0 Å². The van der Waals surface area contributed by atoms with Crippen LogP contribution in [-0.4, -0.2) is 107 Å². The van der Waals surface area contributed by atoms with Gasteiger partial charge in [0.15, 0.2) is 6.29 Å². The van der Waals surface area contributed by atoms with Crippen molar-refractivity contribution in [1.29, 1.82) is 0 Å². The standard InChI is InChI=1S/C51H99NO12S/c1-3-5-7-9-11-13-15-17-19-21-22-24-25-27-29-31-33-35-37-39-44(54)43(42-62-51-48(57)49(64-65(59,60)61)47(56)46(41-53)63-51)52-50(58)45(55)40-38-36-34-32-30-28-26-23-20-18-16-14-12-10-8-6-4-2/h37,39,43-49,51,53-57H,3-36,38,40-42H2,1-2H3,(H,52,58)(H,59,60,61)/b39-37+. The van der Waals surface area contributed by atoms with Crippen LogP contribution in [0.3, 0.4) is 0 Å². The van der Waals surface area contributed by atoms with Gasteiger partial charge in [-0.25, -0.2) is 4.18 Å². The number of allylic oxidation sites excluding steroid dienone is 1. The van der Waals surface area contributed by atoms with E-state index in [1.54, 1.807) is 6.08 Å². The van der Waals surface area contributed by atoms with Crippen LogP contribution in [0.15, 0.2) is 12.2 Å². The van der Waals surface area contributed by atoms with Gasteiger partial charge in [0.25, 0.3) is 0 Å². The minimum absolute atomic E-state index is 0.248. The first-order valence-corrected chi connectivity index (χ1v) is 28.0. The predicted octanol–water partition coefficient (Wildman–Crippen LogP) is 10.5. The van der Waals surface area contributed by atoms with E-state index in [0.29, 0.717) is 12.8 Å². The quantitative estimate of drug-likeness (QED) is 0.0173. The fourth-order valence-corrected chi connectivity index (χ4v) is 9.21. The van der Waals surface area contributed by atoms with E-state index in [9.17, 15) is 43.3 Å². The number of aliphatic hydroxyl groups is 5. The molecule has 0 aromatic carbocycles. The highest BCUT2D eigenvalue weighted by Crippen LogP contribution is 2.26. The normalized spacial score (nSPS) is 20.6. The Morgan fingerprint density at radius 3 is 1.38 bits per heavy atom.